The van der Waals surface area contributed by atoms with E-state index in [1.807, 2.05) is 13.8 Å². The fraction of sp³-hybridized carbons (Fsp3) is 0.941. The van der Waals surface area contributed by atoms with Gasteiger partial charge in [0, 0.05) is 39.1 Å². The van der Waals surface area contributed by atoms with Crippen molar-refractivity contribution < 1.29 is 4.79 Å². The molecule has 2 aliphatic heterocycles. The first-order valence-electron chi connectivity index (χ1n) is 8.89. The van der Waals surface area contributed by atoms with Crippen molar-refractivity contribution in [3.05, 3.63) is 0 Å². The third kappa shape index (κ3) is 7.93. The normalized spacial score (nSPS) is 21.7. The maximum absolute atomic E-state index is 11.0. The molecule has 0 spiro atoms. The Morgan fingerprint density at radius 2 is 1.57 bits per heavy atom. The summed E-state index contributed by atoms with van der Waals surface area (Å²) in [5, 5.41) is 3.41. The Morgan fingerprint density at radius 1 is 1.00 bits per heavy atom. The van der Waals surface area contributed by atoms with Crippen molar-refractivity contribution >= 4 is 5.78 Å². The molecule has 0 saturated carbocycles. The minimum atomic E-state index is 0.320. The van der Waals surface area contributed by atoms with Crippen LogP contribution in [0.25, 0.3) is 0 Å². The quantitative estimate of drug-likeness (QED) is 0.813. The summed E-state index contributed by atoms with van der Waals surface area (Å²) in [6.07, 6.45) is 4.74. The van der Waals surface area contributed by atoms with Gasteiger partial charge in [-0.15, -0.1) is 0 Å². The van der Waals surface area contributed by atoms with E-state index < -0.39 is 0 Å². The van der Waals surface area contributed by atoms with Crippen LogP contribution in [0, 0.1) is 5.92 Å². The molecule has 124 valence electrons. The summed E-state index contributed by atoms with van der Waals surface area (Å²) < 4.78 is 0. The molecule has 0 amide bonds. The standard InChI is InChI=1S/C15H29N3O.C2H6/c1-14(19)2-8-17-9-3-15(4-10-17)5-11-18-12-6-16-7-13-18;1-2/h15-16H,2-13H2,1H3;1-2H3. The number of rotatable bonds is 6. The minimum absolute atomic E-state index is 0.320. The first-order valence-corrected chi connectivity index (χ1v) is 8.89. The molecule has 2 saturated heterocycles. The smallest absolute Gasteiger partial charge is 0.131 e. The van der Waals surface area contributed by atoms with Gasteiger partial charge in [-0.05, 0) is 51.7 Å². The topological polar surface area (TPSA) is 35.6 Å². The molecule has 2 rings (SSSR count). The molecule has 21 heavy (non-hydrogen) atoms. The van der Waals surface area contributed by atoms with Crippen molar-refractivity contribution in [2.45, 2.75) is 46.5 Å². The SMILES string of the molecule is CC.CC(=O)CCN1CCC(CCN2CCNCC2)CC1. The Morgan fingerprint density at radius 3 is 2.14 bits per heavy atom. The van der Waals surface area contributed by atoms with Crippen LogP contribution in [0.4, 0.5) is 0 Å². The van der Waals surface area contributed by atoms with Crippen LogP contribution in [0.2, 0.25) is 0 Å². The van der Waals surface area contributed by atoms with E-state index in [4.69, 9.17) is 0 Å². The molecule has 0 aromatic rings. The van der Waals surface area contributed by atoms with Crippen LogP contribution in [-0.4, -0.2) is 67.9 Å². The van der Waals surface area contributed by atoms with Crippen LogP contribution in [-0.2, 0) is 4.79 Å². The lowest BCUT2D eigenvalue weighted by molar-refractivity contribution is -0.117. The average Bonchev–Trinajstić information content (AvgIpc) is 2.55. The third-order valence-electron chi connectivity index (χ3n) is 4.55. The Labute approximate surface area is 131 Å². The predicted molar refractivity (Wildman–Crippen MR) is 89.7 cm³/mol. The number of ketones is 1. The number of nitrogens with zero attached hydrogens (tertiary/aromatic N) is 2. The fourth-order valence-corrected chi connectivity index (χ4v) is 3.11. The molecule has 2 fully saturated rings. The number of likely N-dealkylation sites (tertiary alicyclic amines) is 1. The van der Waals surface area contributed by atoms with E-state index in [-0.39, 0.29) is 0 Å². The molecular weight excluding hydrogens is 262 g/mol. The lowest BCUT2D eigenvalue weighted by Crippen LogP contribution is -2.44. The van der Waals surface area contributed by atoms with E-state index in [9.17, 15) is 4.79 Å². The highest BCUT2D eigenvalue weighted by atomic mass is 16.1. The van der Waals surface area contributed by atoms with Crippen LogP contribution in [0.15, 0.2) is 0 Å². The Balaban J connectivity index is 0.00000106. The first-order chi connectivity index (χ1) is 10.2. The highest BCUT2D eigenvalue weighted by Crippen LogP contribution is 2.21. The Hall–Kier alpha value is -0.450. The number of hydrogen-bond acceptors (Lipinski definition) is 4. The van der Waals surface area contributed by atoms with Crippen LogP contribution in [0.5, 0.6) is 0 Å². The summed E-state index contributed by atoms with van der Waals surface area (Å²) in [6.45, 7) is 15.1. The number of Topliss-reactive ketones (excluding diaryl/α,β-unsaturated/α-hetero) is 1. The van der Waals surface area contributed by atoms with Crippen LogP contribution in [0.3, 0.4) is 0 Å². The maximum Gasteiger partial charge on any atom is 0.131 e. The Kier molecular flexibility index (Phi) is 9.89. The van der Waals surface area contributed by atoms with Gasteiger partial charge in [0.1, 0.15) is 5.78 Å². The van der Waals surface area contributed by atoms with Gasteiger partial charge in [0.2, 0.25) is 0 Å². The number of piperazine rings is 1. The molecule has 0 atom stereocenters. The van der Waals surface area contributed by atoms with E-state index >= 15 is 0 Å². The van der Waals surface area contributed by atoms with E-state index in [0.29, 0.717) is 5.78 Å². The van der Waals surface area contributed by atoms with Crippen molar-refractivity contribution in [3.8, 4) is 0 Å². The van der Waals surface area contributed by atoms with Crippen molar-refractivity contribution in [2.24, 2.45) is 5.92 Å². The number of piperidine rings is 1. The van der Waals surface area contributed by atoms with Gasteiger partial charge >= 0.3 is 0 Å². The summed E-state index contributed by atoms with van der Waals surface area (Å²) in [7, 11) is 0. The second kappa shape index (κ2) is 11.2. The molecule has 0 bridgehead atoms. The molecule has 0 unspecified atom stereocenters. The average molecular weight is 297 g/mol. The summed E-state index contributed by atoms with van der Waals surface area (Å²) in [4.78, 5) is 16.0. The van der Waals surface area contributed by atoms with Gasteiger partial charge in [0.15, 0.2) is 0 Å². The van der Waals surface area contributed by atoms with Crippen molar-refractivity contribution in [2.75, 3.05) is 52.4 Å². The van der Waals surface area contributed by atoms with Gasteiger partial charge in [-0.3, -0.25) is 4.79 Å². The van der Waals surface area contributed by atoms with Crippen molar-refractivity contribution in [1.82, 2.24) is 15.1 Å². The third-order valence-corrected chi connectivity index (χ3v) is 4.55. The lowest BCUT2D eigenvalue weighted by atomic mass is 9.93. The molecule has 0 aliphatic carbocycles. The zero-order valence-electron chi connectivity index (χ0n) is 14.4. The second-order valence-electron chi connectivity index (χ2n) is 6.12. The van der Waals surface area contributed by atoms with Crippen LogP contribution in [0.1, 0.15) is 46.5 Å². The van der Waals surface area contributed by atoms with Gasteiger partial charge in [-0.1, -0.05) is 13.8 Å². The molecule has 1 N–H and O–H groups in total. The van der Waals surface area contributed by atoms with Crippen LogP contribution >= 0.6 is 0 Å². The summed E-state index contributed by atoms with van der Waals surface area (Å²) >= 11 is 0. The fourth-order valence-electron chi connectivity index (χ4n) is 3.11. The summed E-state index contributed by atoms with van der Waals surface area (Å²) in [5.74, 6) is 1.23. The molecular formula is C17H35N3O. The Bertz CT molecular complexity index is 269. The number of nitrogens with one attached hydrogen (secondary N) is 1. The van der Waals surface area contributed by atoms with Gasteiger partial charge in [-0.25, -0.2) is 0 Å². The first kappa shape index (κ1) is 18.6. The summed E-state index contributed by atoms with van der Waals surface area (Å²) in [6, 6.07) is 0. The molecule has 0 aromatic heterocycles. The van der Waals surface area contributed by atoms with Crippen LogP contribution < -0.4 is 5.32 Å². The van der Waals surface area contributed by atoms with Gasteiger partial charge in [-0.2, -0.15) is 0 Å². The second-order valence-corrected chi connectivity index (χ2v) is 6.12. The molecule has 0 aromatic carbocycles. The summed E-state index contributed by atoms with van der Waals surface area (Å²) in [5.41, 5.74) is 0. The van der Waals surface area contributed by atoms with E-state index in [2.05, 4.69) is 15.1 Å². The molecule has 2 heterocycles. The van der Waals surface area contributed by atoms with Gasteiger partial charge in [0.25, 0.3) is 0 Å². The molecule has 4 heteroatoms. The molecule has 0 radical (unpaired) electrons. The molecule has 4 nitrogen and oxygen atoms in total. The highest BCUT2D eigenvalue weighted by Gasteiger charge is 2.20. The largest absolute Gasteiger partial charge is 0.314 e. The number of hydrogen-bond donors (Lipinski definition) is 1. The monoisotopic (exact) mass is 297 g/mol. The van der Waals surface area contributed by atoms with Gasteiger partial charge in [0.05, 0.1) is 0 Å². The van der Waals surface area contributed by atoms with Crippen molar-refractivity contribution in [1.29, 1.82) is 0 Å². The highest BCUT2D eigenvalue weighted by molar-refractivity contribution is 5.75. The lowest BCUT2D eigenvalue weighted by Gasteiger charge is -2.34. The minimum Gasteiger partial charge on any atom is -0.314 e. The maximum atomic E-state index is 11.0. The van der Waals surface area contributed by atoms with Crippen molar-refractivity contribution in [3.63, 3.8) is 0 Å². The predicted octanol–water partition coefficient (Wildman–Crippen LogP) is 2.00. The number of carbonyl (C=O) groups is 1. The molecule has 2 aliphatic rings. The van der Waals surface area contributed by atoms with E-state index in [1.165, 1.54) is 52.0 Å². The van der Waals surface area contributed by atoms with E-state index in [1.54, 1.807) is 6.92 Å². The van der Waals surface area contributed by atoms with Gasteiger partial charge < -0.3 is 15.1 Å². The number of carbonyl (C=O) groups excluding carboxylic acids is 1. The van der Waals surface area contributed by atoms with E-state index in [0.717, 1.165) is 32.0 Å². The zero-order chi connectivity index (χ0) is 15.5. The zero-order valence-corrected chi connectivity index (χ0v) is 14.4.